The SMILES string of the molecule is CC1(F)NCCO1. The van der Waals surface area contributed by atoms with Crippen molar-refractivity contribution in [3.05, 3.63) is 0 Å². The third-order valence-electron chi connectivity index (χ3n) is 0.916. The molecule has 0 aromatic carbocycles. The zero-order valence-corrected chi connectivity index (χ0v) is 4.20. The number of halogens is 1. The van der Waals surface area contributed by atoms with E-state index in [4.69, 9.17) is 0 Å². The fraction of sp³-hybridized carbons (Fsp3) is 1.00. The lowest BCUT2D eigenvalue weighted by atomic mass is 10.6. The highest BCUT2D eigenvalue weighted by molar-refractivity contribution is 4.63. The molecule has 1 aliphatic heterocycles. The summed E-state index contributed by atoms with van der Waals surface area (Å²) < 4.78 is 16.8. The zero-order chi connectivity index (χ0) is 5.33. The first-order valence-corrected chi connectivity index (χ1v) is 2.29. The van der Waals surface area contributed by atoms with Gasteiger partial charge in [0.2, 0.25) is 0 Å². The summed E-state index contributed by atoms with van der Waals surface area (Å²) in [5.74, 6) is -1.56. The third-order valence-corrected chi connectivity index (χ3v) is 0.916. The highest BCUT2D eigenvalue weighted by atomic mass is 19.2. The lowest BCUT2D eigenvalue weighted by Crippen LogP contribution is -2.31. The normalized spacial score (nSPS) is 42.0. The summed E-state index contributed by atoms with van der Waals surface area (Å²) in [4.78, 5) is 0. The van der Waals surface area contributed by atoms with E-state index in [0.717, 1.165) is 0 Å². The van der Waals surface area contributed by atoms with E-state index < -0.39 is 5.98 Å². The Bertz CT molecular complexity index is 66.1. The van der Waals surface area contributed by atoms with Crippen molar-refractivity contribution in [2.24, 2.45) is 0 Å². The van der Waals surface area contributed by atoms with Crippen LogP contribution in [0.15, 0.2) is 0 Å². The van der Waals surface area contributed by atoms with Gasteiger partial charge in [-0.1, -0.05) is 0 Å². The first kappa shape index (κ1) is 5.00. The highest BCUT2D eigenvalue weighted by Gasteiger charge is 2.27. The number of hydrogen-bond donors (Lipinski definition) is 1. The van der Waals surface area contributed by atoms with E-state index in [2.05, 4.69) is 10.1 Å². The maximum atomic E-state index is 12.3. The van der Waals surface area contributed by atoms with Gasteiger partial charge in [0.25, 0.3) is 5.98 Å². The summed E-state index contributed by atoms with van der Waals surface area (Å²) in [6.07, 6.45) is 0. The number of ether oxygens (including phenoxy) is 1. The average Bonchev–Trinajstić information content (AvgIpc) is 1.84. The van der Waals surface area contributed by atoms with Gasteiger partial charge in [0.15, 0.2) is 0 Å². The maximum Gasteiger partial charge on any atom is 0.263 e. The predicted molar refractivity (Wildman–Crippen MR) is 23.5 cm³/mol. The van der Waals surface area contributed by atoms with Crippen LogP contribution in [0.3, 0.4) is 0 Å². The smallest absolute Gasteiger partial charge is 0.263 e. The molecule has 0 spiro atoms. The predicted octanol–water partition coefficient (Wildman–Crippen LogP) is 0.249. The topological polar surface area (TPSA) is 21.3 Å². The maximum absolute atomic E-state index is 12.3. The molecule has 0 aromatic rings. The minimum absolute atomic E-state index is 0.479. The molecule has 1 N–H and O–H groups in total. The van der Waals surface area contributed by atoms with Crippen LogP contribution < -0.4 is 5.32 Å². The molecule has 1 heterocycles. The van der Waals surface area contributed by atoms with Crippen molar-refractivity contribution in [1.82, 2.24) is 5.32 Å². The van der Waals surface area contributed by atoms with E-state index in [-0.39, 0.29) is 0 Å². The first-order chi connectivity index (χ1) is 3.21. The van der Waals surface area contributed by atoms with Crippen LogP contribution in [0, 0.1) is 0 Å². The Labute approximate surface area is 41.7 Å². The third kappa shape index (κ3) is 1.11. The van der Waals surface area contributed by atoms with Gasteiger partial charge in [0.1, 0.15) is 0 Å². The van der Waals surface area contributed by atoms with Crippen LogP contribution in [-0.4, -0.2) is 19.1 Å². The van der Waals surface area contributed by atoms with Gasteiger partial charge in [-0.15, -0.1) is 0 Å². The summed E-state index contributed by atoms with van der Waals surface area (Å²) in [6.45, 7) is 2.46. The summed E-state index contributed by atoms with van der Waals surface area (Å²) >= 11 is 0. The van der Waals surface area contributed by atoms with Gasteiger partial charge in [-0.2, -0.15) is 4.39 Å². The molecule has 0 bridgehead atoms. The molecule has 1 rings (SSSR count). The van der Waals surface area contributed by atoms with Crippen LogP contribution in [0.4, 0.5) is 4.39 Å². The van der Waals surface area contributed by atoms with E-state index in [1.54, 1.807) is 0 Å². The Morgan fingerprint density at radius 1 is 1.86 bits per heavy atom. The average molecular weight is 105 g/mol. The lowest BCUT2D eigenvalue weighted by molar-refractivity contribution is -0.104. The van der Waals surface area contributed by atoms with E-state index in [1.165, 1.54) is 6.92 Å². The molecule has 0 amide bonds. The van der Waals surface area contributed by atoms with Crippen LogP contribution in [0.25, 0.3) is 0 Å². The standard InChI is InChI=1S/C4H8FNO/c1-4(5)6-2-3-7-4/h6H,2-3H2,1H3. The molecule has 1 unspecified atom stereocenters. The fourth-order valence-corrected chi connectivity index (χ4v) is 0.568. The molecule has 1 saturated heterocycles. The Balaban J connectivity index is 2.40. The molecular formula is C4H8FNO. The zero-order valence-electron chi connectivity index (χ0n) is 4.20. The van der Waals surface area contributed by atoms with Gasteiger partial charge in [-0.25, -0.2) is 0 Å². The van der Waals surface area contributed by atoms with E-state index in [9.17, 15) is 4.39 Å². The van der Waals surface area contributed by atoms with Crippen LogP contribution >= 0.6 is 0 Å². The van der Waals surface area contributed by atoms with Crippen molar-refractivity contribution in [3.8, 4) is 0 Å². The van der Waals surface area contributed by atoms with Crippen LogP contribution in [0.2, 0.25) is 0 Å². The van der Waals surface area contributed by atoms with Gasteiger partial charge >= 0.3 is 0 Å². The van der Waals surface area contributed by atoms with Crippen LogP contribution in [0.5, 0.6) is 0 Å². The molecule has 0 saturated carbocycles. The molecule has 1 fully saturated rings. The summed E-state index contributed by atoms with van der Waals surface area (Å²) in [7, 11) is 0. The molecule has 7 heavy (non-hydrogen) atoms. The monoisotopic (exact) mass is 105 g/mol. The van der Waals surface area contributed by atoms with Crippen LogP contribution in [-0.2, 0) is 4.74 Å². The van der Waals surface area contributed by atoms with Crippen molar-refractivity contribution >= 4 is 0 Å². The van der Waals surface area contributed by atoms with Gasteiger partial charge in [0.05, 0.1) is 6.61 Å². The fourth-order valence-electron chi connectivity index (χ4n) is 0.568. The Hall–Kier alpha value is -0.150. The summed E-state index contributed by atoms with van der Waals surface area (Å²) in [6, 6.07) is 0. The lowest BCUT2D eigenvalue weighted by Gasteiger charge is -2.09. The second-order valence-corrected chi connectivity index (χ2v) is 1.69. The molecule has 0 aliphatic carbocycles. The van der Waals surface area contributed by atoms with Crippen molar-refractivity contribution in [1.29, 1.82) is 0 Å². The van der Waals surface area contributed by atoms with Gasteiger partial charge in [-0.3, -0.25) is 5.32 Å². The van der Waals surface area contributed by atoms with Gasteiger partial charge in [0, 0.05) is 13.5 Å². The van der Waals surface area contributed by atoms with Gasteiger partial charge < -0.3 is 4.74 Å². The first-order valence-electron chi connectivity index (χ1n) is 2.29. The van der Waals surface area contributed by atoms with Crippen molar-refractivity contribution in [2.75, 3.05) is 13.2 Å². The van der Waals surface area contributed by atoms with Crippen molar-refractivity contribution in [2.45, 2.75) is 12.9 Å². The molecule has 1 aliphatic rings. The number of rotatable bonds is 0. The Morgan fingerprint density at radius 2 is 2.57 bits per heavy atom. The molecular weight excluding hydrogens is 97.0 g/mol. The quantitative estimate of drug-likeness (QED) is 0.446. The summed E-state index contributed by atoms with van der Waals surface area (Å²) in [5, 5.41) is 2.51. The second kappa shape index (κ2) is 1.42. The van der Waals surface area contributed by atoms with Crippen molar-refractivity contribution in [3.63, 3.8) is 0 Å². The molecule has 0 aromatic heterocycles. The van der Waals surface area contributed by atoms with E-state index >= 15 is 0 Å². The molecule has 2 nitrogen and oxygen atoms in total. The highest BCUT2D eigenvalue weighted by Crippen LogP contribution is 2.10. The van der Waals surface area contributed by atoms with E-state index in [0.29, 0.717) is 13.2 Å². The largest absolute Gasteiger partial charge is 0.333 e. The van der Waals surface area contributed by atoms with E-state index in [1.807, 2.05) is 0 Å². The molecule has 42 valence electrons. The van der Waals surface area contributed by atoms with Crippen molar-refractivity contribution < 1.29 is 9.13 Å². The Morgan fingerprint density at radius 3 is 2.71 bits per heavy atom. The minimum atomic E-state index is -1.56. The minimum Gasteiger partial charge on any atom is -0.333 e. The number of nitrogens with one attached hydrogen (secondary N) is 1. The van der Waals surface area contributed by atoms with Crippen LogP contribution in [0.1, 0.15) is 6.92 Å². The number of hydrogen-bond acceptors (Lipinski definition) is 2. The molecule has 3 heteroatoms. The molecule has 1 atom stereocenters. The number of alkyl halides is 1. The van der Waals surface area contributed by atoms with Gasteiger partial charge in [-0.05, 0) is 0 Å². The molecule has 0 radical (unpaired) electrons. The summed E-state index contributed by atoms with van der Waals surface area (Å²) in [5.41, 5.74) is 0. The second-order valence-electron chi connectivity index (χ2n) is 1.69. The Kier molecular flexibility index (Phi) is 1.01.